The molecule has 0 aromatic carbocycles. The third kappa shape index (κ3) is 4.34. The standard InChI is InChI=1S/C6H10B2O/c1-4(5(2)9)3-6(7)8/h3-5,9H,1-2H3/t4-,5+/m1/s1. The monoisotopic (exact) mass is 120 g/mol. The van der Waals surface area contributed by atoms with E-state index in [1.54, 1.807) is 13.0 Å². The Kier molecular flexibility index (Phi) is 3.71. The molecule has 0 saturated heterocycles. The van der Waals surface area contributed by atoms with E-state index in [4.69, 9.17) is 20.8 Å². The van der Waals surface area contributed by atoms with E-state index in [0.29, 0.717) is 0 Å². The zero-order valence-corrected chi connectivity index (χ0v) is 5.83. The van der Waals surface area contributed by atoms with Crippen LogP contribution in [0.4, 0.5) is 0 Å². The van der Waals surface area contributed by atoms with Gasteiger partial charge in [0.25, 0.3) is 0 Å². The van der Waals surface area contributed by atoms with Crippen LogP contribution in [0.1, 0.15) is 13.8 Å². The van der Waals surface area contributed by atoms with Crippen molar-refractivity contribution in [2.24, 2.45) is 5.92 Å². The number of hydrogen-bond donors (Lipinski definition) is 1. The first-order chi connectivity index (χ1) is 4.04. The van der Waals surface area contributed by atoms with Gasteiger partial charge in [0.15, 0.2) is 0 Å². The molecule has 0 aromatic heterocycles. The molecular weight excluding hydrogens is 110 g/mol. The molecule has 0 fully saturated rings. The summed E-state index contributed by atoms with van der Waals surface area (Å²) in [6.45, 7) is 3.55. The molecule has 46 valence electrons. The van der Waals surface area contributed by atoms with Crippen LogP contribution in [-0.4, -0.2) is 26.9 Å². The minimum absolute atomic E-state index is 0.0370. The first kappa shape index (κ1) is 8.83. The van der Waals surface area contributed by atoms with Crippen LogP contribution in [0, 0.1) is 5.92 Å². The molecule has 0 unspecified atom stereocenters. The van der Waals surface area contributed by atoms with Gasteiger partial charge in [-0.15, -0.1) is 0 Å². The fraction of sp³-hybridized carbons (Fsp3) is 0.667. The van der Waals surface area contributed by atoms with Gasteiger partial charge in [-0.3, -0.25) is 0 Å². The van der Waals surface area contributed by atoms with Gasteiger partial charge in [0, 0.05) is 0 Å². The lowest BCUT2D eigenvalue weighted by Crippen LogP contribution is -2.10. The fourth-order valence-corrected chi connectivity index (χ4v) is 0.443. The maximum Gasteiger partial charge on any atom is 0.0918 e. The third-order valence-corrected chi connectivity index (χ3v) is 1.22. The SMILES string of the molecule is [B]C([B])=C[C@@H](C)[C@H](C)O. The normalized spacial score (nSPS) is 16.3. The Hall–Kier alpha value is -0.170. The van der Waals surface area contributed by atoms with Crippen molar-refractivity contribution in [1.29, 1.82) is 0 Å². The molecule has 0 amide bonds. The molecule has 9 heavy (non-hydrogen) atoms. The third-order valence-electron chi connectivity index (χ3n) is 1.22. The lowest BCUT2D eigenvalue weighted by molar-refractivity contribution is 0.157. The molecule has 0 rings (SSSR count). The topological polar surface area (TPSA) is 20.2 Å². The highest BCUT2D eigenvalue weighted by atomic mass is 16.3. The summed E-state index contributed by atoms with van der Waals surface area (Å²) in [5, 5.41) is 9.18. The van der Waals surface area contributed by atoms with Gasteiger partial charge in [0.05, 0.1) is 21.8 Å². The van der Waals surface area contributed by atoms with E-state index in [1.807, 2.05) is 6.92 Å². The molecule has 0 aromatic rings. The van der Waals surface area contributed by atoms with E-state index in [0.717, 1.165) is 0 Å². The van der Waals surface area contributed by atoms with Crippen LogP contribution in [0.3, 0.4) is 0 Å². The molecular formula is C6H10B2O. The molecule has 4 radical (unpaired) electrons. The Labute approximate surface area is 59.0 Å². The summed E-state index contributed by atoms with van der Waals surface area (Å²) in [6.07, 6.45) is 1.25. The van der Waals surface area contributed by atoms with Crippen LogP contribution in [0.25, 0.3) is 0 Å². The molecule has 0 spiro atoms. The molecule has 3 heteroatoms. The summed E-state index contributed by atoms with van der Waals surface area (Å²) in [5.41, 5.74) is 0. The van der Waals surface area contributed by atoms with Gasteiger partial charge in [-0.05, 0) is 12.8 Å². The van der Waals surface area contributed by atoms with Crippen LogP contribution < -0.4 is 0 Å². The van der Waals surface area contributed by atoms with Crippen LogP contribution >= 0.6 is 0 Å². The second kappa shape index (κ2) is 3.78. The molecule has 0 aliphatic carbocycles. The average molecular weight is 120 g/mol. The van der Waals surface area contributed by atoms with Gasteiger partial charge in [-0.25, -0.2) is 0 Å². The largest absolute Gasteiger partial charge is 0.393 e. The lowest BCUT2D eigenvalue weighted by atomic mass is 9.76. The zero-order valence-electron chi connectivity index (χ0n) is 5.83. The molecule has 1 N–H and O–H groups in total. The van der Waals surface area contributed by atoms with E-state index in [9.17, 15) is 0 Å². The summed E-state index contributed by atoms with van der Waals surface area (Å²) in [5.74, 6) is 0.0370. The predicted molar refractivity (Wildman–Crippen MR) is 40.4 cm³/mol. The highest BCUT2D eigenvalue weighted by Crippen LogP contribution is 2.03. The molecule has 0 saturated carbocycles. The molecule has 0 heterocycles. The van der Waals surface area contributed by atoms with Crippen LogP contribution in [0.2, 0.25) is 0 Å². The summed E-state index contributed by atoms with van der Waals surface area (Å²) in [6, 6.07) is 0. The Morgan fingerprint density at radius 1 is 1.44 bits per heavy atom. The van der Waals surface area contributed by atoms with Crippen molar-refractivity contribution in [3.05, 3.63) is 11.4 Å². The van der Waals surface area contributed by atoms with Gasteiger partial charge in [-0.2, -0.15) is 5.37 Å². The molecule has 1 nitrogen and oxygen atoms in total. The van der Waals surface area contributed by atoms with Gasteiger partial charge in [-0.1, -0.05) is 13.0 Å². The van der Waals surface area contributed by atoms with Gasteiger partial charge in [0.2, 0.25) is 0 Å². The second-order valence-corrected chi connectivity index (χ2v) is 2.27. The minimum Gasteiger partial charge on any atom is -0.393 e. The van der Waals surface area contributed by atoms with Gasteiger partial charge in [0.1, 0.15) is 0 Å². The molecule has 0 bridgehead atoms. The Balaban J connectivity index is 3.76. The molecule has 0 aliphatic heterocycles. The first-order valence-electron chi connectivity index (χ1n) is 2.95. The summed E-state index contributed by atoms with van der Waals surface area (Å²) in [7, 11) is 10.3. The van der Waals surface area contributed by atoms with Crippen molar-refractivity contribution >= 4 is 15.7 Å². The number of rotatable bonds is 2. The maximum absolute atomic E-state index is 8.91. The number of aliphatic hydroxyl groups is 1. The molecule has 2 atom stereocenters. The van der Waals surface area contributed by atoms with Gasteiger partial charge < -0.3 is 5.11 Å². The van der Waals surface area contributed by atoms with Crippen molar-refractivity contribution in [3.8, 4) is 0 Å². The minimum atomic E-state index is -0.382. The van der Waals surface area contributed by atoms with Crippen LogP contribution in [0.15, 0.2) is 11.4 Å². The quantitative estimate of drug-likeness (QED) is 0.515. The van der Waals surface area contributed by atoms with Crippen molar-refractivity contribution in [3.63, 3.8) is 0 Å². The Bertz CT molecular complexity index is 106. The van der Waals surface area contributed by atoms with Crippen molar-refractivity contribution in [2.45, 2.75) is 20.0 Å². The van der Waals surface area contributed by atoms with Gasteiger partial charge >= 0.3 is 0 Å². The number of hydrogen-bond acceptors (Lipinski definition) is 1. The maximum atomic E-state index is 8.91. The van der Waals surface area contributed by atoms with Crippen LogP contribution in [0.5, 0.6) is 0 Å². The van der Waals surface area contributed by atoms with E-state index < -0.39 is 0 Å². The second-order valence-electron chi connectivity index (χ2n) is 2.27. The van der Waals surface area contributed by atoms with E-state index in [-0.39, 0.29) is 17.4 Å². The van der Waals surface area contributed by atoms with E-state index in [2.05, 4.69) is 0 Å². The predicted octanol–water partition coefficient (Wildman–Crippen LogP) is 0.182. The Morgan fingerprint density at radius 2 is 1.89 bits per heavy atom. The first-order valence-corrected chi connectivity index (χ1v) is 2.95. The van der Waals surface area contributed by atoms with Crippen molar-refractivity contribution in [1.82, 2.24) is 0 Å². The van der Waals surface area contributed by atoms with E-state index >= 15 is 0 Å². The highest BCUT2D eigenvalue weighted by Gasteiger charge is 2.02. The zero-order chi connectivity index (χ0) is 7.44. The smallest absolute Gasteiger partial charge is 0.0918 e. The average Bonchev–Trinajstić information content (AvgIpc) is 1.63. The van der Waals surface area contributed by atoms with E-state index in [1.165, 1.54) is 0 Å². The number of aliphatic hydroxyl groups excluding tert-OH is 1. The fourth-order valence-electron chi connectivity index (χ4n) is 0.443. The van der Waals surface area contributed by atoms with Crippen LogP contribution in [-0.2, 0) is 0 Å². The van der Waals surface area contributed by atoms with Crippen molar-refractivity contribution < 1.29 is 5.11 Å². The molecule has 0 aliphatic rings. The summed E-state index contributed by atoms with van der Waals surface area (Å²) in [4.78, 5) is 0. The lowest BCUT2D eigenvalue weighted by Gasteiger charge is -2.09. The highest BCUT2D eigenvalue weighted by molar-refractivity contribution is 6.48. The Morgan fingerprint density at radius 3 is 2.00 bits per heavy atom. The summed E-state index contributed by atoms with van der Waals surface area (Å²) < 4.78 is 0. The van der Waals surface area contributed by atoms with Crippen molar-refractivity contribution in [2.75, 3.05) is 0 Å². The summed E-state index contributed by atoms with van der Waals surface area (Å²) >= 11 is 0.